The molecule has 1 spiro atoms. The molecule has 2 aliphatic rings. The van der Waals surface area contributed by atoms with Crippen LogP contribution in [-0.4, -0.2) is 40.2 Å². The number of carbonyl (C=O) groups excluding carboxylic acids is 1. The zero-order chi connectivity index (χ0) is 17.7. The normalized spacial score (nSPS) is 26.2. The molecule has 6 heteroatoms. The van der Waals surface area contributed by atoms with Gasteiger partial charge in [-0.15, -0.1) is 0 Å². The largest absolute Gasteiger partial charge is 0.444 e. The topological polar surface area (TPSA) is 54.5 Å². The molecule has 5 nitrogen and oxygen atoms in total. The standard InChI is InChI=1S/C18H26BrN3O2/c1-11-9-22(16(23)24-17(3,4)5)10-18(11)7-6-13-8-14(19)12(2)20-15(13)21-18/h8,11H,6-7,9-10H2,1-5H3,(H,20,21)/t11-,18?/m0/s1. The summed E-state index contributed by atoms with van der Waals surface area (Å²) in [6.07, 6.45) is 1.75. The van der Waals surface area contributed by atoms with E-state index >= 15 is 0 Å². The number of fused-ring (bicyclic) bond motifs is 1. The Hall–Kier alpha value is -1.30. The molecule has 0 saturated carbocycles. The number of halogens is 1. The fourth-order valence-electron chi connectivity index (χ4n) is 3.59. The Morgan fingerprint density at radius 1 is 1.50 bits per heavy atom. The van der Waals surface area contributed by atoms with E-state index in [1.165, 1.54) is 5.56 Å². The number of hydrogen-bond donors (Lipinski definition) is 1. The van der Waals surface area contributed by atoms with Crippen LogP contribution in [0.3, 0.4) is 0 Å². The molecular weight excluding hydrogens is 370 g/mol. The van der Waals surface area contributed by atoms with E-state index in [2.05, 4.69) is 34.2 Å². The van der Waals surface area contributed by atoms with Crippen LogP contribution in [0, 0.1) is 12.8 Å². The van der Waals surface area contributed by atoms with Crippen LogP contribution in [-0.2, 0) is 11.2 Å². The van der Waals surface area contributed by atoms with Gasteiger partial charge >= 0.3 is 6.09 Å². The fraction of sp³-hybridized carbons (Fsp3) is 0.667. The van der Waals surface area contributed by atoms with Gasteiger partial charge < -0.3 is 15.0 Å². The zero-order valence-corrected chi connectivity index (χ0v) is 16.7. The first-order valence-electron chi connectivity index (χ1n) is 8.52. The smallest absolute Gasteiger partial charge is 0.410 e. The second-order valence-electron chi connectivity index (χ2n) is 8.11. The number of carbonyl (C=O) groups is 1. The molecule has 1 N–H and O–H groups in total. The molecule has 1 fully saturated rings. The third-order valence-electron chi connectivity index (χ3n) is 5.00. The molecule has 2 atom stereocenters. The van der Waals surface area contributed by atoms with Crippen LogP contribution >= 0.6 is 15.9 Å². The Kier molecular flexibility index (Phi) is 4.31. The van der Waals surface area contributed by atoms with Gasteiger partial charge in [0.2, 0.25) is 0 Å². The minimum Gasteiger partial charge on any atom is -0.444 e. The van der Waals surface area contributed by atoms with E-state index in [9.17, 15) is 4.79 Å². The second kappa shape index (κ2) is 5.90. The van der Waals surface area contributed by atoms with E-state index in [1.807, 2.05) is 32.6 Å². The molecule has 0 aliphatic carbocycles. The first kappa shape index (κ1) is 17.5. The number of nitrogens with zero attached hydrogens (tertiary/aromatic N) is 2. The molecule has 2 aliphatic heterocycles. The number of hydrogen-bond acceptors (Lipinski definition) is 4. The molecule has 0 bridgehead atoms. The van der Waals surface area contributed by atoms with Crippen LogP contribution in [0.1, 0.15) is 45.4 Å². The number of aryl methyl sites for hydroxylation is 2. The fourth-order valence-corrected chi connectivity index (χ4v) is 3.96. The van der Waals surface area contributed by atoms with E-state index < -0.39 is 5.60 Å². The van der Waals surface area contributed by atoms with E-state index in [4.69, 9.17) is 9.72 Å². The molecule has 1 unspecified atom stereocenters. The summed E-state index contributed by atoms with van der Waals surface area (Å²) in [6.45, 7) is 11.3. The lowest BCUT2D eigenvalue weighted by atomic mass is 9.80. The average molecular weight is 396 g/mol. The summed E-state index contributed by atoms with van der Waals surface area (Å²) in [5.74, 6) is 1.31. The molecule has 3 rings (SSSR count). The Balaban J connectivity index is 1.79. The van der Waals surface area contributed by atoms with Gasteiger partial charge in [0, 0.05) is 17.6 Å². The molecule has 132 valence electrons. The van der Waals surface area contributed by atoms with Crippen molar-refractivity contribution in [3.63, 3.8) is 0 Å². The molecule has 1 saturated heterocycles. The van der Waals surface area contributed by atoms with Crippen molar-refractivity contribution in [2.45, 2.75) is 58.6 Å². The molecular formula is C18H26BrN3O2. The van der Waals surface area contributed by atoms with E-state index in [-0.39, 0.29) is 11.6 Å². The number of amides is 1. The third kappa shape index (κ3) is 3.25. The summed E-state index contributed by atoms with van der Waals surface area (Å²) in [6, 6.07) is 2.16. The Labute approximate surface area is 152 Å². The number of ether oxygens (including phenoxy) is 1. The van der Waals surface area contributed by atoms with Crippen molar-refractivity contribution in [3.8, 4) is 0 Å². The maximum absolute atomic E-state index is 12.4. The number of anilines is 1. The first-order valence-corrected chi connectivity index (χ1v) is 9.31. The summed E-state index contributed by atoms with van der Waals surface area (Å²) in [5.41, 5.74) is 1.64. The van der Waals surface area contributed by atoms with Crippen molar-refractivity contribution < 1.29 is 9.53 Å². The molecule has 24 heavy (non-hydrogen) atoms. The molecule has 0 radical (unpaired) electrons. The van der Waals surface area contributed by atoms with Gasteiger partial charge in [-0.1, -0.05) is 6.92 Å². The van der Waals surface area contributed by atoms with Crippen molar-refractivity contribution in [1.82, 2.24) is 9.88 Å². The zero-order valence-electron chi connectivity index (χ0n) is 15.1. The number of pyridine rings is 1. The lowest BCUT2D eigenvalue weighted by Crippen LogP contribution is -2.49. The van der Waals surface area contributed by atoms with Gasteiger partial charge in [0.05, 0.1) is 11.2 Å². The molecule has 0 aromatic carbocycles. The lowest BCUT2D eigenvalue weighted by Gasteiger charge is -2.39. The summed E-state index contributed by atoms with van der Waals surface area (Å²) >= 11 is 3.56. The van der Waals surface area contributed by atoms with Gasteiger partial charge in [0.15, 0.2) is 0 Å². The van der Waals surface area contributed by atoms with Gasteiger partial charge in [0.1, 0.15) is 11.4 Å². The Morgan fingerprint density at radius 3 is 2.88 bits per heavy atom. The quantitative estimate of drug-likeness (QED) is 0.716. The van der Waals surface area contributed by atoms with Gasteiger partial charge in [-0.25, -0.2) is 9.78 Å². The highest BCUT2D eigenvalue weighted by molar-refractivity contribution is 9.10. The Bertz CT molecular complexity index is 671. The van der Waals surface area contributed by atoms with Crippen LogP contribution in [0.15, 0.2) is 10.5 Å². The number of nitrogens with one attached hydrogen (secondary N) is 1. The maximum Gasteiger partial charge on any atom is 0.410 e. The van der Waals surface area contributed by atoms with Crippen LogP contribution in [0.2, 0.25) is 0 Å². The average Bonchev–Trinajstić information content (AvgIpc) is 2.76. The molecule has 1 aromatic heterocycles. The highest BCUT2D eigenvalue weighted by Crippen LogP contribution is 2.40. The van der Waals surface area contributed by atoms with Crippen LogP contribution in [0.4, 0.5) is 10.6 Å². The number of likely N-dealkylation sites (tertiary alicyclic amines) is 1. The lowest BCUT2D eigenvalue weighted by molar-refractivity contribution is 0.0282. The van der Waals surface area contributed by atoms with Gasteiger partial charge in [-0.3, -0.25) is 0 Å². The number of rotatable bonds is 0. The summed E-state index contributed by atoms with van der Waals surface area (Å²) in [7, 11) is 0. The van der Waals surface area contributed by atoms with Crippen molar-refractivity contribution in [1.29, 1.82) is 0 Å². The van der Waals surface area contributed by atoms with Crippen LogP contribution in [0.5, 0.6) is 0 Å². The Morgan fingerprint density at radius 2 is 2.21 bits per heavy atom. The molecule has 1 aromatic rings. The van der Waals surface area contributed by atoms with Gasteiger partial charge in [0.25, 0.3) is 0 Å². The maximum atomic E-state index is 12.4. The number of aromatic nitrogens is 1. The predicted octanol–water partition coefficient (Wildman–Crippen LogP) is 4.14. The third-order valence-corrected chi connectivity index (χ3v) is 5.80. The molecule has 1 amide bonds. The van der Waals surface area contributed by atoms with E-state index in [0.29, 0.717) is 19.0 Å². The molecule has 3 heterocycles. The minimum absolute atomic E-state index is 0.114. The second-order valence-corrected chi connectivity index (χ2v) is 8.96. The van der Waals surface area contributed by atoms with Crippen molar-refractivity contribution in [2.75, 3.05) is 18.4 Å². The monoisotopic (exact) mass is 395 g/mol. The predicted molar refractivity (Wildman–Crippen MR) is 98.3 cm³/mol. The highest BCUT2D eigenvalue weighted by atomic mass is 79.9. The summed E-state index contributed by atoms with van der Waals surface area (Å²) in [4.78, 5) is 19.0. The van der Waals surface area contributed by atoms with Gasteiger partial charge in [-0.2, -0.15) is 0 Å². The first-order chi connectivity index (χ1) is 11.1. The summed E-state index contributed by atoms with van der Waals surface area (Å²) < 4.78 is 6.60. The minimum atomic E-state index is -0.465. The van der Waals surface area contributed by atoms with Crippen molar-refractivity contribution >= 4 is 27.8 Å². The van der Waals surface area contributed by atoms with Crippen LogP contribution < -0.4 is 5.32 Å². The van der Waals surface area contributed by atoms with Gasteiger partial charge in [-0.05, 0) is 74.0 Å². The summed E-state index contributed by atoms with van der Waals surface area (Å²) in [5, 5.41) is 3.66. The van der Waals surface area contributed by atoms with Crippen molar-refractivity contribution in [3.05, 3.63) is 21.8 Å². The SMILES string of the molecule is Cc1nc2c(cc1Br)CCC1(CN(C(=O)OC(C)(C)C)C[C@@H]1C)N2. The van der Waals surface area contributed by atoms with E-state index in [1.54, 1.807) is 0 Å². The van der Waals surface area contributed by atoms with E-state index in [0.717, 1.165) is 28.8 Å². The highest BCUT2D eigenvalue weighted by Gasteiger charge is 2.48. The van der Waals surface area contributed by atoms with Crippen LogP contribution in [0.25, 0.3) is 0 Å². The van der Waals surface area contributed by atoms with Crippen molar-refractivity contribution in [2.24, 2.45) is 5.92 Å².